The molecule has 12 nitrogen and oxygen atoms in total. The zero-order valence-corrected chi connectivity index (χ0v) is 24.5. The molecule has 1 aliphatic heterocycles. The van der Waals surface area contributed by atoms with Gasteiger partial charge in [0.1, 0.15) is 27.4 Å². The number of sulfonamides is 1. The van der Waals surface area contributed by atoms with Gasteiger partial charge < -0.3 is 29.9 Å². The van der Waals surface area contributed by atoms with Gasteiger partial charge in [0.25, 0.3) is 15.9 Å². The number of fused-ring (bicyclic) bond motifs is 1. The first kappa shape index (κ1) is 29.5. The van der Waals surface area contributed by atoms with Gasteiger partial charge in [-0.25, -0.2) is 13.2 Å². The standard InChI is InChI=1S/C26H33N5O7S2/c1-15-12-31(16(2)14-32)25(33)20-11-19(27-26(34)28-24-17(3)29-38-18(24)4)8-9-21(20)37-22(15)13-30(5)40(35,36)23-7-6-10-39-23/h6-11,15-16,22,32H,12-14H2,1-5H3,(H2,27,28,34)/t15-,16+,22+/m0/s1. The molecular weight excluding hydrogens is 558 g/mol. The number of aliphatic hydroxyl groups is 1. The SMILES string of the molecule is Cc1noc(C)c1NC(=O)Nc1ccc2c(c1)C(=O)N([C@H](C)CO)C[C@H](C)[C@@H](CN(C)S(=O)(=O)c1cccs1)O2. The van der Waals surface area contributed by atoms with Crippen LogP contribution < -0.4 is 15.4 Å². The van der Waals surface area contributed by atoms with Gasteiger partial charge in [-0.05, 0) is 50.4 Å². The second-order valence-corrected chi connectivity index (χ2v) is 13.0. The van der Waals surface area contributed by atoms with Gasteiger partial charge >= 0.3 is 6.03 Å². The van der Waals surface area contributed by atoms with Crippen LogP contribution in [0.1, 0.15) is 35.7 Å². The molecule has 0 saturated carbocycles. The molecule has 40 heavy (non-hydrogen) atoms. The fourth-order valence-electron chi connectivity index (χ4n) is 4.37. The summed E-state index contributed by atoms with van der Waals surface area (Å²) in [6.07, 6.45) is -0.610. The van der Waals surface area contributed by atoms with E-state index in [-0.39, 0.29) is 47.0 Å². The number of ether oxygens (including phenoxy) is 1. The molecule has 0 bridgehead atoms. The first-order valence-corrected chi connectivity index (χ1v) is 15.0. The van der Waals surface area contributed by atoms with E-state index in [0.717, 1.165) is 11.3 Å². The smallest absolute Gasteiger partial charge is 0.323 e. The summed E-state index contributed by atoms with van der Waals surface area (Å²) in [6, 6.07) is 6.83. The number of aromatic nitrogens is 1. The van der Waals surface area contributed by atoms with Crippen LogP contribution in [0.3, 0.4) is 0 Å². The number of likely N-dealkylation sites (N-methyl/N-ethyl adjacent to an activating group) is 1. The zero-order valence-electron chi connectivity index (χ0n) is 22.9. The van der Waals surface area contributed by atoms with Crippen LogP contribution in [0.4, 0.5) is 16.2 Å². The number of carbonyl (C=O) groups is 2. The topological polar surface area (TPSA) is 154 Å². The number of hydrogen-bond donors (Lipinski definition) is 3. The number of amides is 3. The molecule has 0 spiro atoms. The average molecular weight is 592 g/mol. The Morgan fingerprint density at radius 2 is 2.05 bits per heavy atom. The van der Waals surface area contributed by atoms with E-state index in [2.05, 4.69) is 15.8 Å². The van der Waals surface area contributed by atoms with E-state index in [1.807, 2.05) is 6.92 Å². The van der Waals surface area contributed by atoms with E-state index >= 15 is 0 Å². The molecule has 3 atom stereocenters. The Hall–Kier alpha value is -3.46. The fourth-order valence-corrected chi connectivity index (χ4v) is 6.75. The van der Waals surface area contributed by atoms with E-state index in [9.17, 15) is 23.1 Å². The lowest BCUT2D eigenvalue weighted by Crippen LogP contribution is -2.50. The van der Waals surface area contributed by atoms with E-state index in [4.69, 9.17) is 9.26 Å². The first-order valence-electron chi connectivity index (χ1n) is 12.7. The second kappa shape index (κ2) is 12.0. The summed E-state index contributed by atoms with van der Waals surface area (Å²) >= 11 is 1.13. The van der Waals surface area contributed by atoms with Crippen molar-refractivity contribution >= 4 is 44.7 Å². The number of rotatable bonds is 8. The van der Waals surface area contributed by atoms with E-state index in [1.54, 1.807) is 55.3 Å². The van der Waals surface area contributed by atoms with Gasteiger partial charge in [-0.15, -0.1) is 11.3 Å². The molecule has 0 aliphatic carbocycles. The Kier molecular flexibility index (Phi) is 8.83. The van der Waals surface area contributed by atoms with Crippen LogP contribution in [0.2, 0.25) is 0 Å². The number of carbonyl (C=O) groups excluding carboxylic acids is 2. The van der Waals surface area contributed by atoms with Gasteiger partial charge in [-0.2, -0.15) is 4.31 Å². The van der Waals surface area contributed by atoms with Gasteiger partial charge in [-0.1, -0.05) is 18.1 Å². The monoisotopic (exact) mass is 591 g/mol. The molecule has 3 amide bonds. The fraction of sp³-hybridized carbons (Fsp3) is 0.423. The summed E-state index contributed by atoms with van der Waals surface area (Å²) in [4.78, 5) is 27.9. The number of benzene rings is 1. The number of hydrogen-bond acceptors (Lipinski definition) is 9. The largest absolute Gasteiger partial charge is 0.488 e. The van der Waals surface area contributed by atoms with Crippen LogP contribution in [-0.2, 0) is 10.0 Å². The Morgan fingerprint density at radius 3 is 2.67 bits per heavy atom. The number of aliphatic hydroxyl groups excluding tert-OH is 1. The molecule has 0 radical (unpaired) electrons. The van der Waals surface area contributed by atoms with Crippen LogP contribution in [0, 0.1) is 19.8 Å². The molecule has 4 rings (SSSR count). The predicted octanol–water partition coefficient (Wildman–Crippen LogP) is 3.54. The van der Waals surface area contributed by atoms with Crippen molar-refractivity contribution in [2.75, 3.05) is 37.4 Å². The third kappa shape index (κ3) is 6.14. The zero-order chi connectivity index (χ0) is 29.2. The van der Waals surface area contributed by atoms with Crippen molar-refractivity contribution in [2.45, 2.75) is 44.0 Å². The van der Waals surface area contributed by atoms with Crippen molar-refractivity contribution in [2.24, 2.45) is 5.92 Å². The highest BCUT2D eigenvalue weighted by Crippen LogP contribution is 2.31. The van der Waals surface area contributed by atoms with E-state index in [0.29, 0.717) is 22.8 Å². The number of nitrogens with one attached hydrogen (secondary N) is 2. The first-order chi connectivity index (χ1) is 18.9. The molecule has 3 aromatic rings. The van der Waals surface area contributed by atoms with Gasteiger partial charge in [0.05, 0.1) is 24.8 Å². The Balaban J connectivity index is 1.62. The molecule has 2 aromatic heterocycles. The van der Waals surface area contributed by atoms with Crippen molar-refractivity contribution < 1.29 is 32.4 Å². The summed E-state index contributed by atoms with van der Waals surface area (Å²) in [5.74, 6) is 0.0476. The van der Waals surface area contributed by atoms with Crippen LogP contribution in [0.15, 0.2) is 44.4 Å². The Bertz CT molecular complexity index is 1450. The highest BCUT2D eigenvalue weighted by atomic mass is 32.2. The summed E-state index contributed by atoms with van der Waals surface area (Å²) in [6.45, 7) is 6.98. The van der Waals surface area contributed by atoms with E-state index < -0.39 is 28.2 Å². The minimum atomic E-state index is -3.72. The molecule has 0 saturated heterocycles. The maximum atomic E-state index is 13.6. The van der Waals surface area contributed by atoms with Gasteiger partial charge in [-0.3, -0.25) is 4.79 Å². The maximum Gasteiger partial charge on any atom is 0.323 e. The minimum absolute atomic E-state index is 0.0379. The normalized spacial score (nSPS) is 18.5. The predicted molar refractivity (Wildman–Crippen MR) is 150 cm³/mol. The van der Waals surface area contributed by atoms with Gasteiger partial charge in [0, 0.05) is 25.2 Å². The summed E-state index contributed by atoms with van der Waals surface area (Å²) in [7, 11) is -2.23. The summed E-state index contributed by atoms with van der Waals surface area (Å²) < 4.78 is 39.0. The van der Waals surface area contributed by atoms with Gasteiger partial charge in [0.15, 0.2) is 5.76 Å². The second-order valence-electron chi connectivity index (χ2n) is 9.83. The molecule has 14 heteroatoms. The average Bonchev–Trinajstić information content (AvgIpc) is 3.57. The minimum Gasteiger partial charge on any atom is -0.488 e. The summed E-state index contributed by atoms with van der Waals surface area (Å²) in [5, 5.41) is 20.8. The highest BCUT2D eigenvalue weighted by molar-refractivity contribution is 7.91. The number of thiophene rings is 1. The van der Waals surface area contributed by atoms with Crippen molar-refractivity contribution in [3.8, 4) is 5.75 Å². The van der Waals surface area contributed by atoms with Gasteiger partial charge in [0.2, 0.25) is 0 Å². The highest BCUT2D eigenvalue weighted by Gasteiger charge is 2.35. The lowest BCUT2D eigenvalue weighted by Gasteiger charge is -2.38. The van der Waals surface area contributed by atoms with Crippen molar-refractivity contribution in [1.82, 2.24) is 14.4 Å². The van der Waals surface area contributed by atoms with Crippen molar-refractivity contribution in [3.63, 3.8) is 0 Å². The lowest BCUT2D eigenvalue weighted by atomic mass is 9.99. The quantitative estimate of drug-likeness (QED) is 0.359. The maximum absolute atomic E-state index is 13.6. The van der Waals surface area contributed by atoms with Crippen LogP contribution in [0.25, 0.3) is 0 Å². The molecule has 0 unspecified atom stereocenters. The number of urea groups is 1. The van der Waals surface area contributed by atoms with Crippen molar-refractivity contribution in [3.05, 3.63) is 52.7 Å². The van der Waals surface area contributed by atoms with Crippen LogP contribution >= 0.6 is 11.3 Å². The van der Waals surface area contributed by atoms with Crippen LogP contribution in [0.5, 0.6) is 5.75 Å². The molecule has 3 heterocycles. The molecule has 216 valence electrons. The third-order valence-electron chi connectivity index (χ3n) is 6.79. The molecule has 0 fully saturated rings. The Labute approximate surface area is 237 Å². The number of aryl methyl sites for hydroxylation is 2. The lowest BCUT2D eigenvalue weighted by molar-refractivity contribution is 0.0387. The van der Waals surface area contributed by atoms with Crippen LogP contribution in [-0.4, -0.2) is 78.7 Å². The third-order valence-corrected chi connectivity index (χ3v) is 9.99. The molecule has 3 N–H and O–H groups in total. The molecular formula is C26H33N5O7S2. The molecule has 1 aliphatic rings. The summed E-state index contributed by atoms with van der Waals surface area (Å²) in [5.41, 5.74) is 1.48. The van der Waals surface area contributed by atoms with E-state index in [1.165, 1.54) is 17.4 Å². The number of nitrogens with zero attached hydrogens (tertiary/aromatic N) is 3. The Morgan fingerprint density at radius 1 is 1.30 bits per heavy atom. The number of anilines is 2. The van der Waals surface area contributed by atoms with Crippen molar-refractivity contribution in [1.29, 1.82) is 0 Å². The molecule has 1 aromatic carbocycles.